The van der Waals surface area contributed by atoms with E-state index in [9.17, 15) is 4.79 Å². The van der Waals surface area contributed by atoms with Gasteiger partial charge in [0.25, 0.3) is 0 Å². The molecular formula is C14H29ClN2O. The SMILES string of the molecule is CNCC(C)C(=O)NCCCC1CCCCC1.Cl. The van der Waals surface area contributed by atoms with Crippen molar-refractivity contribution in [2.45, 2.75) is 51.9 Å². The standard InChI is InChI=1S/C14H28N2O.ClH/c1-12(11-15-2)14(17)16-10-6-9-13-7-4-3-5-8-13;/h12-13,15H,3-11H2,1-2H3,(H,16,17);1H. The van der Waals surface area contributed by atoms with Gasteiger partial charge in [-0.1, -0.05) is 39.0 Å². The molecule has 1 aliphatic rings. The number of halogens is 1. The van der Waals surface area contributed by atoms with Gasteiger partial charge in [0.15, 0.2) is 0 Å². The molecule has 18 heavy (non-hydrogen) atoms. The molecule has 0 aromatic rings. The molecule has 1 rings (SSSR count). The first-order chi connectivity index (χ1) is 8.24. The molecule has 1 amide bonds. The highest BCUT2D eigenvalue weighted by molar-refractivity contribution is 5.85. The zero-order valence-electron chi connectivity index (χ0n) is 11.8. The van der Waals surface area contributed by atoms with Crippen LogP contribution in [0.25, 0.3) is 0 Å². The van der Waals surface area contributed by atoms with Crippen LogP contribution in [0.1, 0.15) is 51.9 Å². The van der Waals surface area contributed by atoms with Crippen LogP contribution in [0.3, 0.4) is 0 Å². The quantitative estimate of drug-likeness (QED) is 0.702. The first kappa shape index (κ1) is 17.7. The van der Waals surface area contributed by atoms with Gasteiger partial charge in [0.1, 0.15) is 0 Å². The number of carbonyl (C=O) groups is 1. The van der Waals surface area contributed by atoms with E-state index < -0.39 is 0 Å². The number of hydrogen-bond acceptors (Lipinski definition) is 2. The zero-order valence-corrected chi connectivity index (χ0v) is 12.7. The predicted molar refractivity (Wildman–Crippen MR) is 79.2 cm³/mol. The van der Waals surface area contributed by atoms with E-state index >= 15 is 0 Å². The third-order valence-electron chi connectivity index (χ3n) is 3.77. The fourth-order valence-electron chi connectivity index (χ4n) is 2.65. The Labute approximate surface area is 118 Å². The summed E-state index contributed by atoms with van der Waals surface area (Å²) < 4.78 is 0. The lowest BCUT2D eigenvalue weighted by Gasteiger charge is -2.21. The molecule has 1 atom stereocenters. The highest BCUT2D eigenvalue weighted by Gasteiger charge is 2.14. The first-order valence-corrected chi connectivity index (χ1v) is 7.16. The Hall–Kier alpha value is -0.280. The van der Waals surface area contributed by atoms with E-state index in [2.05, 4.69) is 10.6 Å². The van der Waals surface area contributed by atoms with Crippen molar-refractivity contribution in [3.05, 3.63) is 0 Å². The van der Waals surface area contributed by atoms with Crippen LogP contribution in [-0.2, 0) is 4.79 Å². The second kappa shape index (κ2) is 10.6. The molecule has 3 nitrogen and oxygen atoms in total. The van der Waals surface area contributed by atoms with E-state index in [0.29, 0.717) is 0 Å². The summed E-state index contributed by atoms with van der Waals surface area (Å²) in [7, 11) is 1.88. The van der Waals surface area contributed by atoms with Gasteiger partial charge in [0.2, 0.25) is 5.91 Å². The highest BCUT2D eigenvalue weighted by Crippen LogP contribution is 2.26. The van der Waals surface area contributed by atoms with E-state index in [1.54, 1.807) is 0 Å². The van der Waals surface area contributed by atoms with Crippen LogP contribution in [0, 0.1) is 11.8 Å². The van der Waals surface area contributed by atoms with Crippen molar-refractivity contribution in [3.63, 3.8) is 0 Å². The Morgan fingerprint density at radius 3 is 2.56 bits per heavy atom. The van der Waals surface area contributed by atoms with Crippen LogP contribution in [-0.4, -0.2) is 26.0 Å². The van der Waals surface area contributed by atoms with Crippen molar-refractivity contribution in [2.24, 2.45) is 11.8 Å². The largest absolute Gasteiger partial charge is 0.356 e. The summed E-state index contributed by atoms with van der Waals surface area (Å²) >= 11 is 0. The molecule has 1 unspecified atom stereocenters. The normalized spacial score (nSPS) is 17.9. The Morgan fingerprint density at radius 1 is 1.28 bits per heavy atom. The van der Waals surface area contributed by atoms with Crippen LogP contribution in [0.4, 0.5) is 0 Å². The minimum atomic E-state index is 0. The fraction of sp³-hybridized carbons (Fsp3) is 0.929. The zero-order chi connectivity index (χ0) is 12.5. The van der Waals surface area contributed by atoms with Crippen LogP contribution in [0.2, 0.25) is 0 Å². The van der Waals surface area contributed by atoms with E-state index in [0.717, 1.165) is 25.4 Å². The molecule has 0 aliphatic heterocycles. The van der Waals surface area contributed by atoms with E-state index in [-0.39, 0.29) is 24.2 Å². The summed E-state index contributed by atoms with van der Waals surface area (Å²) in [5, 5.41) is 6.06. The van der Waals surface area contributed by atoms with Crippen molar-refractivity contribution in [3.8, 4) is 0 Å². The molecule has 108 valence electrons. The molecule has 0 spiro atoms. The smallest absolute Gasteiger partial charge is 0.224 e. The Kier molecular flexibility index (Phi) is 10.5. The Balaban J connectivity index is 0.00000289. The average molecular weight is 277 g/mol. The molecule has 4 heteroatoms. The summed E-state index contributed by atoms with van der Waals surface area (Å²) in [6.07, 6.45) is 9.50. The van der Waals surface area contributed by atoms with Gasteiger partial charge in [0.05, 0.1) is 0 Å². The van der Waals surface area contributed by atoms with Crippen molar-refractivity contribution in [2.75, 3.05) is 20.1 Å². The maximum absolute atomic E-state index is 11.6. The highest BCUT2D eigenvalue weighted by atomic mass is 35.5. The molecule has 0 aromatic heterocycles. The molecule has 1 fully saturated rings. The topological polar surface area (TPSA) is 41.1 Å². The second-order valence-electron chi connectivity index (χ2n) is 5.40. The Morgan fingerprint density at radius 2 is 1.94 bits per heavy atom. The van der Waals surface area contributed by atoms with E-state index in [1.165, 1.54) is 38.5 Å². The Bertz CT molecular complexity index is 218. The van der Waals surface area contributed by atoms with Crippen LogP contribution < -0.4 is 10.6 Å². The van der Waals surface area contributed by atoms with Crippen LogP contribution in [0.5, 0.6) is 0 Å². The third kappa shape index (κ3) is 7.22. The summed E-state index contributed by atoms with van der Waals surface area (Å²) in [6, 6.07) is 0. The number of hydrogen-bond donors (Lipinski definition) is 2. The monoisotopic (exact) mass is 276 g/mol. The number of amides is 1. The van der Waals surface area contributed by atoms with E-state index in [1.807, 2.05) is 14.0 Å². The molecular weight excluding hydrogens is 248 g/mol. The maximum Gasteiger partial charge on any atom is 0.224 e. The lowest BCUT2D eigenvalue weighted by molar-refractivity contribution is -0.124. The fourth-order valence-corrected chi connectivity index (χ4v) is 2.65. The van der Waals surface area contributed by atoms with Gasteiger partial charge in [-0.05, 0) is 25.8 Å². The molecule has 0 radical (unpaired) electrons. The third-order valence-corrected chi connectivity index (χ3v) is 3.77. The lowest BCUT2D eigenvalue weighted by atomic mass is 9.86. The van der Waals surface area contributed by atoms with Crippen molar-refractivity contribution in [1.29, 1.82) is 0 Å². The van der Waals surface area contributed by atoms with Gasteiger partial charge in [-0.25, -0.2) is 0 Å². The maximum atomic E-state index is 11.6. The molecule has 0 aromatic carbocycles. The minimum Gasteiger partial charge on any atom is -0.356 e. The molecule has 1 aliphatic carbocycles. The summed E-state index contributed by atoms with van der Waals surface area (Å²) in [6.45, 7) is 3.57. The van der Waals surface area contributed by atoms with Crippen molar-refractivity contribution >= 4 is 18.3 Å². The van der Waals surface area contributed by atoms with Crippen LogP contribution in [0.15, 0.2) is 0 Å². The van der Waals surface area contributed by atoms with Crippen molar-refractivity contribution in [1.82, 2.24) is 10.6 Å². The van der Waals surface area contributed by atoms with Crippen molar-refractivity contribution < 1.29 is 4.79 Å². The number of nitrogens with one attached hydrogen (secondary N) is 2. The van der Waals surface area contributed by atoms with Gasteiger partial charge < -0.3 is 10.6 Å². The predicted octanol–water partition coefficient (Wildman–Crippen LogP) is 2.74. The second-order valence-corrected chi connectivity index (χ2v) is 5.40. The molecule has 1 saturated carbocycles. The number of carbonyl (C=O) groups excluding carboxylic acids is 1. The first-order valence-electron chi connectivity index (χ1n) is 7.16. The van der Waals surface area contributed by atoms with E-state index in [4.69, 9.17) is 0 Å². The van der Waals surface area contributed by atoms with Gasteiger partial charge in [0, 0.05) is 19.0 Å². The molecule has 0 bridgehead atoms. The lowest BCUT2D eigenvalue weighted by Crippen LogP contribution is -2.34. The van der Waals surface area contributed by atoms with Gasteiger partial charge in [-0.15, -0.1) is 12.4 Å². The molecule has 0 heterocycles. The summed E-state index contributed by atoms with van der Waals surface area (Å²) in [5.74, 6) is 1.19. The average Bonchev–Trinajstić information content (AvgIpc) is 2.36. The molecule has 2 N–H and O–H groups in total. The van der Waals surface area contributed by atoms with Gasteiger partial charge >= 0.3 is 0 Å². The van der Waals surface area contributed by atoms with Gasteiger partial charge in [-0.2, -0.15) is 0 Å². The minimum absolute atomic E-state index is 0. The van der Waals surface area contributed by atoms with Gasteiger partial charge in [-0.3, -0.25) is 4.79 Å². The molecule has 0 saturated heterocycles. The van der Waals surface area contributed by atoms with Crippen LogP contribution >= 0.6 is 12.4 Å². The summed E-state index contributed by atoms with van der Waals surface area (Å²) in [4.78, 5) is 11.6. The summed E-state index contributed by atoms with van der Waals surface area (Å²) in [5.41, 5.74) is 0. The number of rotatable bonds is 7.